The van der Waals surface area contributed by atoms with E-state index in [1.807, 2.05) is 42.5 Å². The second-order valence-electron chi connectivity index (χ2n) is 6.22. The third-order valence-corrected chi connectivity index (χ3v) is 4.55. The molecule has 2 aromatic carbocycles. The van der Waals surface area contributed by atoms with Crippen molar-refractivity contribution in [1.82, 2.24) is 4.98 Å². The first-order valence-electron chi connectivity index (χ1n) is 8.84. The molecular weight excluding hydrogens is 328 g/mol. The Kier molecular flexibility index (Phi) is 4.44. The minimum absolute atomic E-state index is 0.0935. The molecule has 1 aromatic heterocycles. The summed E-state index contributed by atoms with van der Waals surface area (Å²) in [6, 6.07) is 18.0. The Hall–Kier alpha value is -3.08. The van der Waals surface area contributed by atoms with Gasteiger partial charge >= 0.3 is 5.97 Å². The van der Waals surface area contributed by atoms with Crippen LogP contribution in [0.1, 0.15) is 41.0 Å². The molecule has 0 radical (unpaired) electrons. The van der Waals surface area contributed by atoms with Crippen LogP contribution in [0.3, 0.4) is 0 Å². The molecule has 0 bridgehead atoms. The molecule has 1 aliphatic carbocycles. The molecule has 0 aliphatic heterocycles. The van der Waals surface area contributed by atoms with Crippen LogP contribution in [0.4, 0.5) is 5.88 Å². The van der Waals surface area contributed by atoms with Crippen LogP contribution in [0.15, 0.2) is 59.0 Å². The van der Waals surface area contributed by atoms with Gasteiger partial charge in [0.05, 0.1) is 12.6 Å². The van der Waals surface area contributed by atoms with Crippen molar-refractivity contribution in [3.8, 4) is 11.5 Å². The normalized spacial score (nSPS) is 15.5. The summed E-state index contributed by atoms with van der Waals surface area (Å²) in [5.41, 5.74) is 3.57. The lowest BCUT2D eigenvalue weighted by Gasteiger charge is -2.13. The maximum absolute atomic E-state index is 12.3. The Morgan fingerprint density at radius 1 is 1.19 bits per heavy atom. The Labute approximate surface area is 152 Å². The molecule has 3 aromatic rings. The van der Waals surface area contributed by atoms with Crippen LogP contribution in [-0.2, 0) is 11.2 Å². The number of aryl methyl sites for hydroxylation is 1. The fourth-order valence-electron chi connectivity index (χ4n) is 3.33. The number of oxazole rings is 1. The summed E-state index contributed by atoms with van der Waals surface area (Å²) in [5.74, 6) is 0.290. The van der Waals surface area contributed by atoms with Crippen LogP contribution < -0.4 is 5.32 Å². The largest absolute Gasteiger partial charge is 0.461 e. The van der Waals surface area contributed by atoms with Gasteiger partial charge in [-0.25, -0.2) is 4.79 Å². The summed E-state index contributed by atoms with van der Waals surface area (Å²) >= 11 is 0. The Balaban J connectivity index is 1.68. The number of ether oxygens (including phenoxy) is 1. The summed E-state index contributed by atoms with van der Waals surface area (Å²) < 4.78 is 11.1. The first-order valence-corrected chi connectivity index (χ1v) is 8.84. The molecule has 0 saturated heterocycles. The maximum Gasteiger partial charge on any atom is 0.362 e. The van der Waals surface area contributed by atoms with E-state index in [4.69, 9.17) is 9.15 Å². The molecule has 1 atom stereocenters. The Morgan fingerprint density at radius 3 is 2.77 bits per heavy atom. The topological polar surface area (TPSA) is 64.4 Å². The van der Waals surface area contributed by atoms with Crippen molar-refractivity contribution in [1.29, 1.82) is 0 Å². The van der Waals surface area contributed by atoms with Gasteiger partial charge in [0.1, 0.15) is 0 Å². The lowest BCUT2D eigenvalue weighted by atomic mass is 10.1. The van der Waals surface area contributed by atoms with Gasteiger partial charge in [0.15, 0.2) is 0 Å². The molecule has 132 valence electrons. The fraction of sp³-hybridized carbons (Fsp3) is 0.238. The van der Waals surface area contributed by atoms with Crippen molar-refractivity contribution in [2.24, 2.45) is 0 Å². The zero-order chi connectivity index (χ0) is 17.9. The minimum Gasteiger partial charge on any atom is -0.461 e. The van der Waals surface area contributed by atoms with Crippen LogP contribution in [0.25, 0.3) is 11.5 Å². The number of carbonyl (C=O) groups is 1. The molecule has 5 nitrogen and oxygen atoms in total. The fourth-order valence-corrected chi connectivity index (χ4v) is 3.33. The van der Waals surface area contributed by atoms with E-state index in [9.17, 15) is 4.79 Å². The van der Waals surface area contributed by atoms with Crippen molar-refractivity contribution in [3.63, 3.8) is 0 Å². The summed E-state index contributed by atoms with van der Waals surface area (Å²) in [7, 11) is 0. The molecule has 1 aliphatic rings. The van der Waals surface area contributed by atoms with Gasteiger partial charge in [-0.3, -0.25) is 0 Å². The number of hydrogen-bond donors (Lipinski definition) is 1. The highest BCUT2D eigenvalue weighted by Gasteiger charge is 2.28. The summed E-state index contributed by atoms with van der Waals surface area (Å²) in [4.78, 5) is 16.7. The number of anilines is 1. The molecule has 1 heterocycles. The number of esters is 1. The highest BCUT2D eigenvalue weighted by atomic mass is 16.5. The zero-order valence-electron chi connectivity index (χ0n) is 14.6. The second kappa shape index (κ2) is 7.04. The van der Waals surface area contributed by atoms with Gasteiger partial charge in [-0.15, -0.1) is 0 Å². The van der Waals surface area contributed by atoms with E-state index in [0.29, 0.717) is 11.8 Å². The SMILES string of the molecule is CCOC(=O)c1nc(-c2ccccc2)oc1N[C@H]1CCc2ccccc21. The van der Waals surface area contributed by atoms with Crippen molar-refractivity contribution < 1.29 is 13.9 Å². The van der Waals surface area contributed by atoms with Gasteiger partial charge in [-0.1, -0.05) is 42.5 Å². The van der Waals surface area contributed by atoms with Gasteiger partial charge in [-0.05, 0) is 43.0 Å². The van der Waals surface area contributed by atoms with Gasteiger partial charge in [0, 0.05) is 5.56 Å². The van der Waals surface area contributed by atoms with E-state index in [2.05, 4.69) is 22.4 Å². The van der Waals surface area contributed by atoms with E-state index < -0.39 is 5.97 Å². The van der Waals surface area contributed by atoms with Crippen LogP contribution in [0.5, 0.6) is 0 Å². The zero-order valence-corrected chi connectivity index (χ0v) is 14.6. The quantitative estimate of drug-likeness (QED) is 0.682. The maximum atomic E-state index is 12.3. The molecule has 5 heteroatoms. The number of rotatable bonds is 5. The summed E-state index contributed by atoms with van der Waals surface area (Å²) in [5, 5.41) is 3.37. The molecule has 0 unspecified atom stereocenters. The third-order valence-electron chi connectivity index (χ3n) is 4.55. The predicted octanol–water partition coefficient (Wildman–Crippen LogP) is 4.62. The highest BCUT2D eigenvalue weighted by molar-refractivity contribution is 5.93. The molecule has 1 N–H and O–H groups in total. The number of nitrogens with one attached hydrogen (secondary N) is 1. The van der Waals surface area contributed by atoms with Crippen LogP contribution in [0, 0.1) is 0 Å². The van der Waals surface area contributed by atoms with E-state index in [1.54, 1.807) is 6.92 Å². The Morgan fingerprint density at radius 2 is 1.96 bits per heavy atom. The molecule has 4 rings (SSSR count). The van der Waals surface area contributed by atoms with E-state index >= 15 is 0 Å². The number of nitrogens with zero attached hydrogens (tertiary/aromatic N) is 1. The van der Waals surface area contributed by atoms with Crippen molar-refractivity contribution >= 4 is 11.9 Å². The van der Waals surface area contributed by atoms with Crippen molar-refractivity contribution in [3.05, 3.63) is 71.4 Å². The van der Waals surface area contributed by atoms with E-state index in [0.717, 1.165) is 18.4 Å². The molecular formula is C21H20N2O3. The number of fused-ring (bicyclic) bond motifs is 1. The second-order valence-corrected chi connectivity index (χ2v) is 6.22. The predicted molar refractivity (Wildman–Crippen MR) is 99.0 cm³/mol. The number of carbonyl (C=O) groups excluding carboxylic acids is 1. The minimum atomic E-state index is -0.479. The molecule has 26 heavy (non-hydrogen) atoms. The van der Waals surface area contributed by atoms with Crippen LogP contribution >= 0.6 is 0 Å². The average molecular weight is 348 g/mol. The number of benzene rings is 2. The number of aromatic nitrogens is 1. The summed E-state index contributed by atoms with van der Waals surface area (Å²) in [6.45, 7) is 2.06. The smallest absolute Gasteiger partial charge is 0.362 e. The lowest BCUT2D eigenvalue weighted by Crippen LogP contribution is -2.12. The standard InChI is InChI=1S/C21H20N2O3/c1-2-25-21(24)18-20(26-19(23-18)15-9-4-3-5-10-15)22-17-13-12-14-8-6-7-11-16(14)17/h3-11,17,22H,2,12-13H2,1H3/t17-/m0/s1. The van der Waals surface area contributed by atoms with Gasteiger partial charge < -0.3 is 14.5 Å². The first kappa shape index (κ1) is 16.4. The van der Waals surface area contributed by atoms with Gasteiger partial charge in [-0.2, -0.15) is 4.98 Å². The van der Waals surface area contributed by atoms with Crippen LogP contribution in [-0.4, -0.2) is 17.6 Å². The molecule has 0 fully saturated rings. The molecule has 0 saturated carbocycles. The third kappa shape index (κ3) is 3.08. The first-order chi connectivity index (χ1) is 12.8. The van der Waals surface area contributed by atoms with Crippen molar-refractivity contribution in [2.75, 3.05) is 11.9 Å². The van der Waals surface area contributed by atoms with E-state index in [-0.39, 0.29) is 18.3 Å². The Bertz CT molecular complexity index is 918. The monoisotopic (exact) mass is 348 g/mol. The highest BCUT2D eigenvalue weighted by Crippen LogP contribution is 2.36. The molecule has 0 spiro atoms. The number of hydrogen-bond acceptors (Lipinski definition) is 5. The molecule has 0 amide bonds. The van der Waals surface area contributed by atoms with Crippen molar-refractivity contribution in [2.45, 2.75) is 25.8 Å². The van der Waals surface area contributed by atoms with Gasteiger partial charge in [0.25, 0.3) is 0 Å². The van der Waals surface area contributed by atoms with Crippen LogP contribution in [0.2, 0.25) is 0 Å². The van der Waals surface area contributed by atoms with E-state index in [1.165, 1.54) is 11.1 Å². The summed E-state index contributed by atoms with van der Waals surface area (Å²) in [6.07, 6.45) is 1.95. The van der Waals surface area contributed by atoms with Gasteiger partial charge in [0.2, 0.25) is 17.5 Å². The lowest BCUT2D eigenvalue weighted by molar-refractivity contribution is 0.0521. The average Bonchev–Trinajstić information content (AvgIpc) is 3.28.